The minimum atomic E-state index is -0.489. The quantitative estimate of drug-likeness (QED) is 0.782. The van der Waals surface area contributed by atoms with Crippen LogP contribution in [0.2, 0.25) is 0 Å². The predicted molar refractivity (Wildman–Crippen MR) is 80.2 cm³/mol. The molecule has 3 rings (SSSR count). The van der Waals surface area contributed by atoms with E-state index < -0.39 is 12.6 Å². The molecule has 0 bridgehead atoms. The molecular formula is C17H22O5. The van der Waals surface area contributed by atoms with Crippen LogP contribution in [0, 0.1) is 0 Å². The van der Waals surface area contributed by atoms with Crippen LogP contribution < -0.4 is 0 Å². The van der Waals surface area contributed by atoms with Crippen molar-refractivity contribution >= 4 is 0 Å². The Bertz CT molecular complexity index is 491. The first kappa shape index (κ1) is 15.6. The van der Waals surface area contributed by atoms with Crippen LogP contribution in [0.5, 0.6) is 0 Å². The number of methoxy groups -OCH3 is 1. The molecule has 0 aliphatic carbocycles. The Balaban J connectivity index is 1.76. The summed E-state index contributed by atoms with van der Waals surface area (Å²) in [6.45, 7) is 6.02. The summed E-state index contributed by atoms with van der Waals surface area (Å²) in [5, 5.41) is 0. The second kappa shape index (κ2) is 6.89. The maximum Gasteiger partial charge on any atom is 0.187 e. The van der Waals surface area contributed by atoms with Crippen LogP contribution in [0.1, 0.15) is 18.8 Å². The molecule has 0 unspecified atom stereocenters. The molecule has 1 aromatic rings. The number of ether oxygens (including phenoxy) is 5. The Morgan fingerprint density at radius 1 is 1.14 bits per heavy atom. The SMILES string of the molecule is C=CCO[C@@H]1O[C@@H](C)[C@H]2O[C@H](c3ccccc3)O[C@H]2[C@@H]1OC. The summed E-state index contributed by atoms with van der Waals surface area (Å²) in [6, 6.07) is 9.87. The van der Waals surface area contributed by atoms with E-state index in [2.05, 4.69) is 6.58 Å². The van der Waals surface area contributed by atoms with Crippen LogP contribution in [-0.2, 0) is 23.7 Å². The first-order valence-electron chi connectivity index (χ1n) is 7.51. The predicted octanol–water partition coefficient (Wildman–Crippen LogP) is 2.43. The van der Waals surface area contributed by atoms with Gasteiger partial charge in [-0.15, -0.1) is 6.58 Å². The van der Waals surface area contributed by atoms with E-state index >= 15 is 0 Å². The van der Waals surface area contributed by atoms with E-state index in [-0.39, 0.29) is 24.4 Å². The summed E-state index contributed by atoms with van der Waals surface area (Å²) in [5.74, 6) is 0. The second-order valence-electron chi connectivity index (χ2n) is 5.48. The van der Waals surface area contributed by atoms with Gasteiger partial charge in [-0.05, 0) is 6.92 Å². The van der Waals surface area contributed by atoms with Gasteiger partial charge in [0.25, 0.3) is 0 Å². The van der Waals surface area contributed by atoms with Crippen molar-refractivity contribution in [2.24, 2.45) is 0 Å². The Labute approximate surface area is 130 Å². The van der Waals surface area contributed by atoms with E-state index in [4.69, 9.17) is 23.7 Å². The Kier molecular flexibility index (Phi) is 4.90. The molecule has 1 aromatic carbocycles. The fraction of sp³-hybridized carbons (Fsp3) is 0.529. The van der Waals surface area contributed by atoms with Gasteiger partial charge in [-0.3, -0.25) is 0 Å². The maximum atomic E-state index is 6.10. The van der Waals surface area contributed by atoms with Gasteiger partial charge in [0.1, 0.15) is 18.3 Å². The lowest BCUT2D eigenvalue weighted by atomic mass is 10.00. The van der Waals surface area contributed by atoms with Crippen LogP contribution in [-0.4, -0.2) is 44.4 Å². The van der Waals surface area contributed by atoms with Crippen molar-refractivity contribution in [1.82, 2.24) is 0 Å². The molecule has 2 aliphatic rings. The summed E-state index contributed by atoms with van der Waals surface area (Å²) in [4.78, 5) is 0. The molecule has 2 heterocycles. The van der Waals surface area contributed by atoms with Gasteiger partial charge in [0.15, 0.2) is 12.6 Å². The molecular weight excluding hydrogens is 284 g/mol. The van der Waals surface area contributed by atoms with E-state index in [0.717, 1.165) is 5.56 Å². The van der Waals surface area contributed by atoms with Crippen LogP contribution in [0.4, 0.5) is 0 Å². The minimum absolute atomic E-state index is 0.139. The molecule has 0 amide bonds. The second-order valence-corrected chi connectivity index (χ2v) is 5.48. The summed E-state index contributed by atoms with van der Waals surface area (Å²) in [6.07, 6.45) is -0.0938. The normalized spacial score (nSPS) is 37.7. The summed E-state index contributed by atoms with van der Waals surface area (Å²) in [5.41, 5.74) is 0.988. The molecule has 0 spiro atoms. The van der Waals surface area contributed by atoms with Crippen molar-refractivity contribution in [2.75, 3.05) is 13.7 Å². The molecule has 120 valence electrons. The zero-order valence-corrected chi connectivity index (χ0v) is 12.9. The van der Waals surface area contributed by atoms with E-state index in [1.54, 1.807) is 13.2 Å². The first-order chi connectivity index (χ1) is 10.7. The van der Waals surface area contributed by atoms with E-state index in [1.165, 1.54) is 0 Å². The van der Waals surface area contributed by atoms with Gasteiger partial charge in [-0.2, -0.15) is 0 Å². The van der Waals surface area contributed by atoms with Crippen molar-refractivity contribution in [3.63, 3.8) is 0 Å². The Morgan fingerprint density at radius 3 is 2.55 bits per heavy atom. The van der Waals surface area contributed by atoms with Crippen molar-refractivity contribution in [2.45, 2.75) is 43.9 Å². The van der Waals surface area contributed by atoms with Gasteiger partial charge in [-0.25, -0.2) is 0 Å². The third-order valence-corrected chi connectivity index (χ3v) is 4.01. The standard InChI is InChI=1S/C17H22O5/c1-4-10-19-17-15(18-3)14-13(11(2)20-17)21-16(22-14)12-8-6-5-7-9-12/h4-9,11,13-17H,1,10H2,2-3H3/t11-,13+,14+,15-,16-,17+/m0/s1. The van der Waals surface area contributed by atoms with Crippen LogP contribution in [0.3, 0.4) is 0 Å². The van der Waals surface area contributed by atoms with Crippen molar-refractivity contribution in [3.05, 3.63) is 48.6 Å². The number of benzene rings is 1. The number of fused-ring (bicyclic) bond motifs is 1. The molecule has 2 saturated heterocycles. The van der Waals surface area contributed by atoms with E-state index in [0.29, 0.717) is 6.61 Å². The van der Waals surface area contributed by atoms with Crippen LogP contribution in [0.15, 0.2) is 43.0 Å². The molecule has 2 fully saturated rings. The van der Waals surface area contributed by atoms with Gasteiger partial charge in [0.05, 0.1) is 12.7 Å². The van der Waals surface area contributed by atoms with Gasteiger partial charge in [-0.1, -0.05) is 36.4 Å². The molecule has 0 N–H and O–H groups in total. The Morgan fingerprint density at radius 2 is 1.86 bits per heavy atom. The zero-order chi connectivity index (χ0) is 15.5. The number of hydrogen-bond donors (Lipinski definition) is 0. The van der Waals surface area contributed by atoms with Gasteiger partial charge < -0.3 is 23.7 Å². The highest BCUT2D eigenvalue weighted by Gasteiger charge is 2.52. The summed E-state index contributed by atoms with van der Waals surface area (Å²) >= 11 is 0. The highest BCUT2D eigenvalue weighted by molar-refractivity contribution is 5.17. The summed E-state index contributed by atoms with van der Waals surface area (Å²) < 4.78 is 29.3. The average Bonchev–Trinajstić information content (AvgIpc) is 2.99. The lowest BCUT2D eigenvalue weighted by Gasteiger charge is -2.39. The molecule has 22 heavy (non-hydrogen) atoms. The first-order valence-corrected chi connectivity index (χ1v) is 7.51. The van der Waals surface area contributed by atoms with Crippen molar-refractivity contribution in [3.8, 4) is 0 Å². The molecule has 0 aromatic heterocycles. The van der Waals surface area contributed by atoms with E-state index in [1.807, 2.05) is 37.3 Å². The number of hydrogen-bond acceptors (Lipinski definition) is 5. The monoisotopic (exact) mass is 306 g/mol. The lowest BCUT2D eigenvalue weighted by molar-refractivity contribution is -0.276. The maximum absolute atomic E-state index is 6.10. The Hall–Kier alpha value is -1.24. The number of rotatable bonds is 5. The topological polar surface area (TPSA) is 46.2 Å². The molecule has 5 nitrogen and oxygen atoms in total. The third-order valence-electron chi connectivity index (χ3n) is 4.01. The largest absolute Gasteiger partial charge is 0.373 e. The molecule has 5 heteroatoms. The third kappa shape index (κ3) is 2.95. The van der Waals surface area contributed by atoms with Gasteiger partial charge >= 0.3 is 0 Å². The molecule has 0 saturated carbocycles. The highest BCUT2D eigenvalue weighted by atomic mass is 16.8. The minimum Gasteiger partial charge on any atom is -0.373 e. The lowest BCUT2D eigenvalue weighted by Crippen LogP contribution is -2.56. The molecule has 2 aliphatic heterocycles. The zero-order valence-electron chi connectivity index (χ0n) is 12.9. The van der Waals surface area contributed by atoms with Crippen LogP contribution >= 0.6 is 0 Å². The van der Waals surface area contributed by atoms with E-state index in [9.17, 15) is 0 Å². The fourth-order valence-corrected chi connectivity index (χ4v) is 2.95. The van der Waals surface area contributed by atoms with Crippen molar-refractivity contribution in [1.29, 1.82) is 0 Å². The van der Waals surface area contributed by atoms with Gasteiger partial charge in [0.2, 0.25) is 0 Å². The smallest absolute Gasteiger partial charge is 0.187 e. The van der Waals surface area contributed by atoms with Gasteiger partial charge in [0, 0.05) is 12.7 Å². The molecule has 0 radical (unpaired) electrons. The average molecular weight is 306 g/mol. The summed E-state index contributed by atoms with van der Waals surface area (Å²) in [7, 11) is 1.63. The highest BCUT2D eigenvalue weighted by Crippen LogP contribution is 2.39. The van der Waals surface area contributed by atoms with Crippen LogP contribution in [0.25, 0.3) is 0 Å². The molecule has 6 atom stereocenters. The fourth-order valence-electron chi connectivity index (χ4n) is 2.95. The van der Waals surface area contributed by atoms with Crippen molar-refractivity contribution < 1.29 is 23.7 Å².